The number of hydrogen-bond acceptors (Lipinski definition) is 1. The van der Waals surface area contributed by atoms with E-state index in [0.29, 0.717) is 16.0 Å². The van der Waals surface area contributed by atoms with E-state index in [9.17, 15) is 0 Å². The maximum atomic E-state index is 6.14. The van der Waals surface area contributed by atoms with Crippen LogP contribution in [0.2, 0.25) is 10.0 Å². The van der Waals surface area contributed by atoms with Gasteiger partial charge in [-0.2, -0.15) is 0 Å². The molecule has 0 spiro atoms. The molecule has 0 radical (unpaired) electrons. The summed E-state index contributed by atoms with van der Waals surface area (Å²) in [5, 5.41) is 1.16. The number of rotatable bonds is 5. The van der Waals surface area contributed by atoms with E-state index in [1.54, 1.807) is 0 Å². The molecule has 0 heterocycles. The Kier molecular flexibility index (Phi) is 5.60. The van der Waals surface area contributed by atoms with Crippen molar-refractivity contribution in [2.45, 2.75) is 39.2 Å². The highest BCUT2D eigenvalue weighted by atomic mass is 35.5. The standard InChI is InChI=1S/C13H19Cl2N/c1-3-4-9(2)7-13(16)10-5-6-11(14)12(15)8-10/h5-6,8-9,13H,3-4,7,16H2,1-2H3. The van der Waals surface area contributed by atoms with Gasteiger partial charge in [-0.15, -0.1) is 0 Å². The molecule has 2 atom stereocenters. The van der Waals surface area contributed by atoms with Crippen molar-refractivity contribution in [1.29, 1.82) is 0 Å². The quantitative estimate of drug-likeness (QED) is 0.807. The van der Waals surface area contributed by atoms with E-state index >= 15 is 0 Å². The van der Waals surface area contributed by atoms with Crippen LogP contribution >= 0.6 is 23.2 Å². The second-order valence-corrected chi connectivity index (χ2v) is 5.22. The Morgan fingerprint density at radius 3 is 2.50 bits per heavy atom. The lowest BCUT2D eigenvalue weighted by atomic mass is 9.94. The van der Waals surface area contributed by atoms with Gasteiger partial charge in [-0.1, -0.05) is 56.0 Å². The van der Waals surface area contributed by atoms with Gasteiger partial charge >= 0.3 is 0 Å². The van der Waals surface area contributed by atoms with Crippen molar-refractivity contribution in [3.05, 3.63) is 33.8 Å². The number of nitrogens with two attached hydrogens (primary N) is 1. The van der Waals surface area contributed by atoms with E-state index in [2.05, 4.69) is 13.8 Å². The molecule has 0 fully saturated rings. The highest BCUT2D eigenvalue weighted by molar-refractivity contribution is 6.42. The molecule has 3 heteroatoms. The average Bonchev–Trinajstić information content (AvgIpc) is 2.22. The second-order valence-electron chi connectivity index (χ2n) is 4.41. The molecule has 0 amide bonds. The number of halogens is 2. The molecule has 2 unspecified atom stereocenters. The molecular weight excluding hydrogens is 241 g/mol. The second kappa shape index (κ2) is 6.48. The van der Waals surface area contributed by atoms with Crippen molar-refractivity contribution < 1.29 is 0 Å². The molecule has 0 bridgehead atoms. The molecule has 90 valence electrons. The normalized spacial score (nSPS) is 14.8. The minimum Gasteiger partial charge on any atom is -0.324 e. The highest BCUT2D eigenvalue weighted by Crippen LogP contribution is 2.28. The summed E-state index contributed by atoms with van der Waals surface area (Å²) in [7, 11) is 0. The van der Waals surface area contributed by atoms with Gasteiger partial charge in [0.25, 0.3) is 0 Å². The van der Waals surface area contributed by atoms with E-state index in [-0.39, 0.29) is 6.04 Å². The SMILES string of the molecule is CCCC(C)CC(N)c1ccc(Cl)c(Cl)c1. The van der Waals surface area contributed by atoms with Crippen LogP contribution in [-0.4, -0.2) is 0 Å². The molecule has 1 nitrogen and oxygen atoms in total. The summed E-state index contributed by atoms with van der Waals surface area (Å²) in [4.78, 5) is 0. The summed E-state index contributed by atoms with van der Waals surface area (Å²) in [6.45, 7) is 4.43. The Bertz CT molecular complexity index is 339. The Hall–Kier alpha value is -0.240. The molecule has 1 rings (SSSR count). The first-order valence-electron chi connectivity index (χ1n) is 5.75. The molecule has 16 heavy (non-hydrogen) atoms. The third-order valence-electron chi connectivity index (χ3n) is 2.81. The Morgan fingerprint density at radius 1 is 1.25 bits per heavy atom. The molecule has 0 saturated heterocycles. The summed E-state index contributed by atoms with van der Waals surface area (Å²) >= 11 is 11.8. The summed E-state index contributed by atoms with van der Waals surface area (Å²) in [6, 6.07) is 5.69. The summed E-state index contributed by atoms with van der Waals surface area (Å²) in [6.07, 6.45) is 3.41. The number of hydrogen-bond donors (Lipinski definition) is 1. The van der Waals surface area contributed by atoms with E-state index < -0.39 is 0 Å². The predicted octanol–water partition coefficient (Wildman–Crippen LogP) is 4.82. The van der Waals surface area contributed by atoms with Gasteiger partial charge in [-0.05, 0) is 30.0 Å². The van der Waals surface area contributed by atoms with Crippen LogP contribution in [0.15, 0.2) is 18.2 Å². The van der Waals surface area contributed by atoms with E-state index in [1.807, 2.05) is 18.2 Å². The lowest BCUT2D eigenvalue weighted by Crippen LogP contribution is -2.14. The van der Waals surface area contributed by atoms with Crippen LogP contribution in [0, 0.1) is 5.92 Å². The van der Waals surface area contributed by atoms with E-state index in [4.69, 9.17) is 28.9 Å². The molecule has 1 aromatic rings. The molecule has 0 saturated carbocycles. The molecule has 2 N–H and O–H groups in total. The topological polar surface area (TPSA) is 26.0 Å². The van der Waals surface area contributed by atoms with Crippen molar-refractivity contribution in [3.63, 3.8) is 0 Å². The van der Waals surface area contributed by atoms with Crippen LogP contribution in [0.25, 0.3) is 0 Å². The maximum absolute atomic E-state index is 6.14. The van der Waals surface area contributed by atoms with Crippen LogP contribution in [0.3, 0.4) is 0 Å². The zero-order valence-corrected chi connectivity index (χ0v) is 11.4. The number of benzene rings is 1. The van der Waals surface area contributed by atoms with Crippen LogP contribution in [0.1, 0.15) is 44.7 Å². The van der Waals surface area contributed by atoms with Crippen molar-refractivity contribution in [2.24, 2.45) is 11.7 Å². The van der Waals surface area contributed by atoms with Crippen molar-refractivity contribution >= 4 is 23.2 Å². The lowest BCUT2D eigenvalue weighted by Gasteiger charge is -2.17. The van der Waals surface area contributed by atoms with E-state index in [1.165, 1.54) is 12.8 Å². The minimum atomic E-state index is 0.0521. The fourth-order valence-corrected chi connectivity index (χ4v) is 2.23. The summed E-state index contributed by atoms with van der Waals surface area (Å²) in [5.74, 6) is 0.648. The molecule has 0 aliphatic rings. The monoisotopic (exact) mass is 259 g/mol. The first kappa shape index (κ1) is 13.8. The molecule has 0 aliphatic heterocycles. The third kappa shape index (κ3) is 3.97. The lowest BCUT2D eigenvalue weighted by molar-refractivity contribution is 0.440. The van der Waals surface area contributed by atoms with Crippen LogP contribution in [-0.2, 0) is 0 Å². The van der Waals surface area contributed by atoms with Crippen LogP contribution < -0.4 is 5.73 Å². The predicted molar refractivity (Wildman–Crippen MR) is 72.1 cm³/mol. The fraction of sp³-hybridized carbons (Fsp3) is 0.538. The Balaban J connectivity index is 2.65. The van der Waals surface area contributed by atoms with Crippen LogP contribution in [0.5, 0.6) is 0 Å². The van der Waals surface area contributed by atoms with Crippen molar-refractivity contribution in [2.75, 3.05) is 0 Å². The fourth-order valence-electron chi connectivity index (χ4n) is 1.92. The molecule has 0 aromatic heterocycles. The Labute approximate surface area is 108 Å². The van der Waals surface area contributed by atoms with Gasteiger partial charge in [0.2, 0.25) is 0 Å². The van der Waals surface area contributed by atoms with Crippen molar-refractivity contribution in [3.8, 4) is 0 Å². The third-order valence-corrected chi connectivity index (χ3v) is 3.55. The average molecular weight is 260 g/mol. The minimum absolute atomic E-state index is 0.0521. The zero-order chi connectivity index (χ0) is 12.1. The van der Waals surface area contributed by atoms with Gasteiger partial charge in [0, 0.05) is 6.04 Å². The van der Waals surface area contributed by atoms with Gasteiger partial charge in [-0.3, -0.25) is 0 Å². The van der Waals surface area contributed by atoms with Gasteiger partial charge < -0.3 is 5.73 Å². The van der Waals surface area contributed by atoms with Crippen molar-refractivity contribution in [1.82, 2.24) is 0 Å². The summed E-state index contributed by atoms with van der Waals surface area (Å²) < 4.78 is 0. The Morgan fingerprint density at radius 2 is 1.94 bits per heavy atom. The van der Waals surface area contributed by atoms with Gasteiger partial charge in [0.1, 0.15) is 0 Å². The van der Waals surface area contributed by atoms with E-state index in [0.717, 1.165) is 12.0 Å². The smallest absolute Gasteiger partial charge is 0.0595 e. The summed E-state index contributed by atoms with van der Waals surface area (Å²) in [5.41, 5.74) is 7.21. The largest absolute Gasteiger partial charge is 0.324 e. The van der Waals surface area contributed by atoms with Gasteiger partial charge in [-0.25, -0.2) is 0 Å². The molecule has 0 aliphatic carbocycles. The first-order chi connectivity index (χ1) is 7.54. The van der Waals surface area contributed by atoms with Gasteiger partial charge in [0.15, 0.2) is 0 Å². The molecule has 1 aromatic carbocycles. The highest BCUT2D eigenvalue weighted by Gasteiger charge is 2.11. The zero-order valence-electron chi connectivity index (χ0n) is 9.84. The molecular formula is C13H19Cl2N. The maximum Gasteiger partial charge on any atom is 0.0595 e. The first-order valence-corrected chi connectivity index (χ1v) is 6.50. The van der Waals surface area contributed by atoms with Crippen LogP contribution in [0.4, 0.5) is 0 Å². The van der Waals surface area contributed by atoms with Gasteiger partial charge in [0.05, 0.1) is 10.0 Å².